The molecule has 0 heterocycles. The van der Waals surface area contributed by atoms with Crippen LogP contribution in [0, 0.1) is 0 Å². The summed E-state index contributed by atoms with van der Waals surface area (Å²) in [5.41, 5.74) is 0.655. The molecule has 0 bridgehead atoms. The Kier molecular flexibility index (Phi) is 6.61. The number of carbonyl (C=O) groups excluding carboxylic acids is 3. The highest BCUT2D eigenvalue weighted by Crippen LogP contribution is 2.27. The van der Waals surface area contributed by atoms with Gasteiger partial charge in [-0.25, -0.2) is 4.79 Å². The van der Waals surface area contributed by atoms with Crippen molar-refractivity contribution < 1.29 is 23.9 Å². The number of hydrogen-bond acceptors (Lipinski definition) is 5. The van der Waals surface area contributed by atoms with Gasteiger partial charge in [0.2, 0.25) is 0 Å². The van der Waals surface area contributed by atoms with Crippen molar-refractivity contribution in [2.75, 3.05) is 13.7 Å². The maximum atomic E-state index is 12.2. The van der Waals surface area contributed by atoms with E-state index in [2.05, 4.69) is 21.2 Å². The summed E-state index contributed by atoms with van der Waals surface area (Å²) in [6.07, 6.45) is -0.0459. The molecule has 0 radical (unpaired) electrons. The number of benzene rings is 3. The first-order chi connectivity index (χ1) is 14.0. The summed E-state index contributed by atoms with van der Waals surface area (Å²) >= 11 is 3.31. The third-order valence-electron chi connectivity index (χ3n) is 4.20. The van der Waals surface area contributed by atoms with E-state index in [1.165, 1.54) is 7.11 Å². The first-order valence-electron chi connectivity index (χ1n) is 8.83. The van der Waals surface area contributed by atoms with Gasteiger partial charge < -0.3 is 14.8 Å². The van der Waals surface area contributed by atoms with E-state index in [1.807, 2.05) is 24.3 Å². The van der Waals surface area contributed by atoms with Gasteiger partial charge >= 0.3 is 11.9 Å². The Labute approximate surface area is 175 Å². The van der Waals surface area contributed by atoms with Crippen LogP contribution in [0.3, 0.4) is 0 Å². The Balaban J connectivity index is 1.65. The Hall–Kier alpha value is -3.19. The molecule has 7 heteroatoms. The lowest BCUT2D eigenvalue weighted by atomic mass is 10.1. The molecule has 3 rings (SSSR count). The van der Waals surface area contributed by atoms with E-state index in [0.717, 1.165) is 15.2 Å². The Morgan fingerprint density at radius 1 is 0.966 bits per heavy atom. The maximum Gasteiger partial charge on any atom is 0.341 e. The molecule has 0 saturated heterocycles. The van der Waals surface area contributed by atoms with Gasteiger partial charge in [0.15, 0.2) is 0 Å². The molecule has 0 unspecified atom stereocenters. The monoisotopic (exact) mass is 455 g/mol. The number of carbonyl (C=O) groups is 3. The van der Waals surface area contributed by atoms with Crippen molar-refractivity contribution in [1.29, 1.82) is 0 Å². The number of nitrogens with one attached hydrogen (secondary N) is 1. The van der Waals surface area contributed by atoms with Crippen LogP contribution >= 0.6 is 15.9 Å². The number of ether oxygens (including phenoxy) is 2. The van der Waals surface area contributed by atoms with Crippen LogP contribution in [0.1, 0.15) is 27.1 Å². The zero-order valence-electron chi connectivity index (χ0n) is 15.6. The average Bonchev–Trinajstić information content (AvgIpc) is 2.73. The Morgan fingerprint density at radius 3 is 2.28 bits per heavy atom. The van der Waals surface area contributed by atoms with Crippen molar-refractivity contribution in [2.45, 2.75) is 6.42 Å². The molecule has 3 aromatic rings. The highest BCUT2D eigenvalue weighted by atomic mass is 79.9. The second-order valence-corrected chi connectivity index (χ2v) is 7.09. The van der Waals surface area contributed by atoms with Gasteiger partial charge in [-0.1, -0.05) is 40.2 Å². The number of hydrogen-bond donors (Lipinski definition) is 1. The number of halogens is 1. The van der Waals surface area contributed by atoms with Crippen LogP contribution in [0.5, 0.6) is 5.75 Å². The van der Waals surface area contributed by atoms with Crippen LogP contribution in [0.15, 0.2) is 65.1 Å². The van der Waals surface area contributed by atoms with E-state index in [0.29, 0.717) is 5.56 Å². The second-order valence-electron chi connectivity index (χ2n) is 6.17. The average molecular weight is 456 g/mol. The molecule has 0 atom stereocenters. The third-order valence-corrected chi connectivity index (χ3v) is 4.73. The van der Waals surface area contributed by atoms with Crippen LogP contribution in [0.2, 0.25) is 0 Å². The van der Waals surface area contributed by atoms with Crippen LogP contribution in [0.4, 0.5) is 0 Å². The highest BCUT2D eigenvalue weighted by Gasteiger charge is 2.17. The summed E-state index contributed by atoms with van der Waals surface area (Å²) in [6, 6.07) is 17.5. The lowest BCUT2D eigenvalue weighted by molar-refractivity contribution is -0.134. The maximum absolute atomic E-state index is 12.2. The van der Waals surface area contributed by atoms with E-state index in [9.17, 15) is 14.4 Å². The number of methoxy groups -OCH3 is 1. The van der Waals surface area contributed by atoms with Gasteiger partial charge in [0.05, 0.1) is 13.5 Å². The van der Waals surface area contributed by atoms with Crippen molar-refractivity contribution in [3.05, 3.63) is 76.3 Å². The highest BCUT2D eigenvalue weighted by molar-refractivity contribution is 9.10. The summed E-state index contributed by atoms with van der Waals surface area (Å²) in [7, 11) is 1.26. The molecule has 148 valence electrons. The molecule has 0 spiro atoms. The number of rotatable bonds is 6. The van der Waals surface area contributed by atoms with Gasteiger partial charge in [0.25, 0.3) is 5.91 Å². The van der Waals surface area contributed by atoms with Crippen LogP contribution in [-0.4, -0.2) is 31.5 Å². The topological polar surface area (TPSA) is 81.7 Å². The molecule has 3 aromatic carbocycles. The molecule has 1 N–H and O–H groups in total. The molecule has 6 nitrogen and oxygen atoms in total. The predicted molar refractivity (Wildman–Crippen MR) is 112 cm³/mol. The summed E-state index contributed by atoms with van der Waals surface area (Å²) in [5, 5.41) is 4.32. The lowest BCUT2D eigenvalue weighted by Gasteiger charge is -2.11. The summed E-state index contributed by atoms with van der Waals surface area (Å²) in [5.74, 6) is -1.32. The summed E-state index contributed by atoms with van der Waals surface area (Å²) < 4.78 is 11.0. The minimum atomic E-state index is -0.595. The van der Waals surface area contributed by atoms with Crippen molar-refractivity contribution in [3.63, 3.8) is 0 Å². The smallest absolute Gasteiger partial charge is 0.341 e. The fourth-order valence-electron chi connectivity index (χ4n) is 2.73. The van der Waals surface area contributed by atoms with E-state index in [-0.39, 0.29) is 30.2 Å². The first-order valence-corrected chi connectivity index (χ1v) is 9.63. The predicted octanol–water partition coefficient (Wildman–Crippen LogP) is 4.11. The lowest BCUT2D eigenvalue weighted by Crippen LogP contribution is -2.27. The normalized spacial score (nSPS) is 10.4. The first kappa shape index (κ1) is 20.5. The van der Waals surface area contributed by atoms with Crippen molar-refractivity contribution in [3.8, 4) is 5.75 Å². The molecule has 0 saturated carbocycles. The third kappa shape index (κ3) is 5.20. The van der Waals surface area contributed by atoms with Gasteiger partial charge in [0, 0.05) is 16.6 Å². The van der Waals surface area contributed by atoms with Crippen LogP contribution < -0.4 is 10.1 Å². The summed E-state index contributed by atoms with van der Waals surface area (Å²) in [6.45, 7) is 0.106. The zero-order chi connectivity index (χ0) is 20.8. The molecule has 0 aromatic heterocycles. The van der Waals surface area contributed by atoms with Crippen molar-refractivity contribution >= 4 is 44.5 Å². The van der Waals surface area contributed by atoms with Gasteiger partial charge in [-0.15, -0.1) is 0 Å². The molecule has 0 aliphatic carbocycles. The van der Waals surface area contributed by atoms with Crippen molar-refractivity contribution in [1.82, 2.24) is 5.32 Å². The molecule has 0 aliphatic rings. The van der Waals surface area contributed by atoms with Gasteiger partial charge in [-0.05, 0) is 47.2 Å². The van der Waals surface area contributed by atoms with Gasteiger partial charge in [-0.2, -0.15) is 0 Å². The van der Waals surface area contributed by atoms with Crippen LogP contribution in [0.25, 0.3) is 10.8 Å². The minimum Gasteiger partial charge on any atom is -0.465 e. The van der Waals surface area contributed by atoms with Crippen LogP contribution in [-0.2, 0) is 9.53 Å². The van der Waals surface area contributed by atoms with E-state index in [4.69, 9.17) is 9.47 Å². The standard InChI is InChI=1S/C22H18BrNO5/c1-28-22(27)18-12-15-4-2-3-5-16(15)13-19(18)29-20(25)10-11-24-21(26)14-6-8-17(23)9-7-14/h2-9,12-13H,10-11H2,1H3,(H,24,26). The fraction of sp³-hybridized carbons (Fsp3) is 0.136. The van der Waals surface area contributed by atoms with Gasteiger partial charge in [0.1, 0.15) is 11.3 Å². The Bertz CT molecular complexity index is 1060. The molecular weight excluding hydrogens is 438 g/mol. The van der Waals surface area contributed by atoms with Gasteiger partial charge in [-0.3, -0.25) is 9.59 Å². The minimum absolute atomic E-state index is 0.0459. The zero-order valence-corrected chi connectivity index (χ0v) is 17.2. The van der Waals surface area contributed by atoms with Crippen molar-refractivity contribution in [2.24, 2.45) is 0 Å². The molecule has 0 aliphatic heterocycles. The number of fused-ring (bicyclic) bond motifs is 1. The Morgan fingerprint density at radius 2 is 1.62 bits per heavy atom. The number of amides is 1. The molecular formula is C22H18BrNO5. The largest absolute Gasteiger partial charge is 0.465 e. The van der Waals surface area contributed by atoms with E-state index >= 15 is 0 Å². The molecule has 29 heavy (non-hydrogen) atoms. The SMILES string of the molecule is COC(=O)c1cc2ccccc2cc1OC(=O)CCNC(=O)c1ccc(Br)cc1. The molecule has 1 amide bonds. The van der Waals surface area contributed by atoms with E-state index < -0.39 is 11.9 Å². The fourth-order valence-corrected chi connectivity index (χ4v) is 2.99. The number of esters is 2. The second kappa shape index (κ2) is 9.34. The molecule has 0 fully saturated rings. The van der Waals surface area contributed by atoms with E-state index in [1.54, 1.807) is 36.4 Å². The quantitative estimate of drug-likeness (QED) is 0.446. The summed E-state index contributed by atoms with van der Waals surface area (Å²) in [4.78, 5) is 36.4.